The summed E-state index contributed by atoms with van der Waals surface area (Å²) in [4.78, 5) is 24.7. The molecule has 0 aromatic heterocycles. The minimum absolute atomic E-state index is 0.00483. The molecule has 0 saturated heterocycles. The molecule has 0 spiro atoms. The molecule has 0 aliphatic carbocycles. The summed E-state index contributed by atoms with van der Waals surface area (Å²) in [5.74, 6) is -2.79. The Labute approximate surface area is 241 Å². The molecule has 8 nitrogen and oxygen atoms in total. The zero-order chi connectivity index (χ0) is 28.9. The Bertz CT molecular complexity index is 1610. The van der Waals surface area contributed by atoms with Gasteiger partial charge in [0.25, 0.3) is 0 Å². The van der Waals surface area contributed by atoms with E-state index in [1.54, 1.807) is 48.5 Å². The molecule has 4 aromatic rings. The first-order valence-electron chi connectivity index (χ1n) is 11.7. The standard InChI is InChI=1S/C28H22Cl2N2O6S2/c29-21-5-13-25(14-6-21)39(35,36)17-27(33)31-23-9-1-19(2-10-23)20-3-11-24(12-4-20)32-28(34)18-40(37,38)26-15-7-22(30)8-16-26/h1-16H,17-18H2,(H,31,33)(H,32,34). The van der Waals surface area contributed by atoms with Crippen molar-refractivity contribution in [3.8, 4) is 11.1 Å². The van der Waals surface area contributed by atoms with Crippen LogP contribution in [-0.2, 0) is 29.3 Å². The van der Waals surface area contributed by atoms with E-state index in [-0.39, 0.29) is 9.79 Å². The van der Waals surface area contributed by atoms with Gasteiger partial charge in [0.05, 0.1) is 9.79 Å². The molecule has 0 unspecified atom stereocenters. The second-order valence-electron chi connectivity index (χ2n) is 8.68. The van der Waals surface area contributed by atoms with Gasteiger partial charge < -0.3 is 10.6 Å². The summed E-state index contributed by atoms with van der Waals surface area (Å²) in [5, 5.41) is 5.93. The van der Waals surface area contributed by atoms with Crippen LogP contribution >= 0.6 is 23.2 Å². The van der Waals surface area contributed by atoms with E-state index in [2.05, 4.69) is 10.6 Å². The van der Waals surface area contributed by atoms with Crippen LogP contribution in [0.3, 0.4) is 0 Å². The molecule has 0 saturated carbocycles. The van der Waals surface area contributed by atoms with Gasteiger partial charge in [0.1, 0.15) is 11.5 Å². The fourth-order valence-corrected chi connectivity index (χ4v) is 6.20. The van der Waals surface area contributed by atoms with E-state index in [0.717, 1.165) is 11.1 Å². The summed E-state index contributed by atoms with van der Waals surface area (Å²) in [5.41, 5.74) is 2.45. The maximum Gasteiger partial charge on any atom is 0.239 e. The normalized spacial score (nSPS) is 11.6. The first kappa shape index (κ1) is 29.3. The van der Waals surface area contributed by atoms with Crippen LogP contribution in [0.4, 0.5) is 11.4 Å². The summed E-state index contributed by atoms with van der Waals surface area (Å²) in [6.07, 6.45) is 0. The second-order valence-corrected chi connectivity index (χ2v) is 13.5. The minimum Gasteiger partial charge on any atom is -0.325 e. The lowest BCUT2D eigenvalue weighted by Gasteiger charge is -2.09. The third kappa shape index (κ3) is 7.70. The van der Waals surface area contributed by atoms with Gasteiger partial charge in [-0.15, -0.1) is 0 Å². The van der Waals surface area contributed by atoms with Crippen molar-refractivity contribution >= 4 is 66.1 Å². The van der Waals surface area contributed by atoms with Gasteiger partial charge in [-0.1, -0.05) is 47.5 Å². The Morgan fingerprint density at radius 3 is 1.10 bits per heavy atom. The van der Waals surface area contributed by atoms with Crippen LogP contribution < -0.4 is 10.6 Å². The van der Waals surface area contributed by atoms with Crippen molar-refractivity contribution < 1.29 is 26.4 Å². The quantitative estimate of drug-likeness (QED) is 0.256. The van der Waals surface area contributed by atoms with Gasteiger partial charge >= 0.3 is 0 Å². The van der Waals surface area contributed by atoms with Crippen LogP contribution in [0.5, 0.6) is 0 Å². The molecule has 206 valence electrons. The number of anilines is 2. The fraction of sp³-hybridized carbons (Fsp3) is 0.0714. The predicted molar refractivity (Wildman–Crippen MR) is 156 cm³/mol. The number of sulfone groups is 2. The smallest absolute Gasteiger partial charge is 0.239 e. The Hall–Kier alpha value is -3.70. The van der Waals surface area contributed by atoms with Crippen LogP contribution in [0.15, 0.2) is 107 Å². The summed E-state index contributed by atoms with van der Waals surface area (Å²) in [6, 6.07) is 24.7. The fourth-order valence-electron chi connectivity index (χ4n) is 3.68. The average molecular weight is 618 g/mol. The lowest BCUT2D eigenvalue weighted by molar-refractivity contribution is -0.114. The van der Waals surface area contributed by atoms with Gasteiger partial charge in [-0.05, 0) is 83.9 Å². The number of rotatable bonds is 9. The highest BCUT2D eigenvalue weighted by Gasteiger charge is 2.20. The van der Waals surface area contributed by atoms with Crippen molar-refractivity contribution in [3.05, 3.63) is 107 Å². The second kappa shape index (κ2) is 12.2. The summed E-state index contributed by atoms with van der Waals surface area (Å²) >= 11 is 11.6. The van der Waals surface area contributed by atoms with Crippen LogP contribution in [-0.4, -0.2) is 40.2 Å². The van der Waals surface area contributed by atoms with Crippen molar-refractivity contribution in [2.24, 2.45) is 0 Å². The van der Waals surface area contributed by atoms with Gasteiger partial charge in [0.15, 0.2) is 19.7 Å². The molecule has 0 aliphatic heterocycles. The van der Waals surface area contributed by atoms with Gasteiger partial charge in [-0.25, -0.2) is 16.8 Å². The van der Waals surface area contributed by atoms with Gasteiger partial charge in [-0.3, -0.25) is 9.59 Å². The number of amides is 2. The summed E-state index contributed by atoms with van der Waals surface area (Å²) in [6.45, 7) is 0. The Morgan fingerprint density at radius 1 is 0.500 bits per heavy atom. The maximum absolute atomic E-state index is 12.5. The lowest BCUT2D eigenvalue weighted by Crippen LogP contribution is -2.23. The first-order chi connectivity index (χ1) is 18.9. The van der Waals surface area contributed by atoms with Gasteiger partial charge in [0.2, 0.25) is 11.8 Å². The van der Waals surface area contributed by atoms with Crippen molar-refractivity contribution in [3.63, 3.8) is 0 Å². The van der Waals surface area contributed by atoms with Gasteiger partial charge in [-0.2, -0.15) is 0 Å². The molecule has 4 rings (SSSR count). The zero-order valence-corrected chi connectivity index (χ0v) is 23.8. The van der Waals surface area contributed by atoms with Crippen LogP contribution in [0, 0.1) is 0 Å². The van der Waals surface area contributed by atoms with E-state index >= 15 is 0 Å². The molecule has 2 N–H and O–H groups in total. The molecular formula is C28H22Cl2N2O6S2. The van der Waals surface area contributed by atoms with Crippen LogP contribution in [0.2, 0.25) is 10.0 Å². The van der Waals surface area contributed by atoms with Crippen molar-refractivity contribution in [2.75, 3.05) is 22.1 Å². The zero-order valence-electron chi connectivity index (χ0n) is 20.7. The molecule has 0 heterocycles. The highest BCUT2D eigenvalue weighted by molar-refractivity contribution is 7.92. The molecule has 0 atom stereocenters. The van der Waals surface area contributed by atoms with Crippen molar-refractivity contribution in [1.29, 1.82) is 0 Å². The Morgan fingerprint density at radius 2 is 0.800 bits per heavy atom. The molecule has 2 amide bonds. The molecule has 4 aromatic carbocycles. The molecule has 0 aliphatic rings. The van der Waals surface area contributed by atoms with Crippen molar-refractivity contribution in [1.82, 2.24) is 0 Å². The number of carbonyl (C=O) groups is 2. The van der Waals surface area contributed by atoms with E-state index in [1.165, 1.54) is 48.5 Å². The molecule has 0 fully saturated rings. The maximum atomic E-state index is 12.5. The van der Waals surface area contributed by atoms with Crippen molar-refractivity contribution in [2.45, 2.75) is 9.79 Å². The molecule has 0 bridgehead atoms. The molecule has 40 heavy (non-hydrogen) atoms. The van der Waals surface area contributed by atoms with E-state index in [0.29, 0.717) is 21.4 Å². The third-order valence-electron chi connectivity index (χ3n) is 5.66. The number of benzene rings is 4. The average Bonchev–Trinajstić information content (AvgIpc) is 2.89. The van der Waals surface area contributed by atoms with E-state index in [1.807, 2.05) is 0 Å². The molecule has 12 heteroatoms. The SMILES string of the molecule is O=C(CS(=O)(=O)c1ccc(Cl)cc1)Nc1ccc(-c2ccc(NC(=O)CS(=O)(=O)c3ccc(Cl)cc3)cc2)cc1. The van der Waals surface area contributed by atoms with E-state index in [4.69, 9.17) is 23.2 Å². The van der Waals surface area contributed by atoms with Crippen LogP contribution in [0.25, 0.3) is 11.1 Å². The Balaban J connectivity index is 1.33. The monoisotopic (exact) mass is 616 g/mol. The molecule has 0 radical (unpaired) electrons. The van der Waals surface area contributed by atoms with Gasteiger partial charge in [0, 0.05) is 21.4 Å². The Kier molecular flexibility index (Phi) is 8.95. The minimum atomic E-state index is -3.83. The molecular weight excluding hydrogens is 595 g/mol. The van der Waals surface area contributed by atoms with Crippen LogP contribution in [0.1, 0.15) is 0 Å². The third-order valence-corrected chi connectivity index (χ3v) is 9.43. The van der Waals surface area contributed by atoms with E-state index in [9.17, 15) is 26.4 Å². The number of halogens is 2. The number of carbonyl (C=O) groups excluding carboxylic acids is 2. The topological polar surface area (TPSA) is 126 Å². The van der Waals surface area contributed by atoms with E-state index < -0.39 is 43.0 Å². The summed E-state index contributed by atoms with van der Waals surface area (Å²) < 4.78 is 49.8. The number of hydrogen-bond donors (Lipinski definition) is 2. The number of nitrogens with one attached hydrogen (secondary N) is 2. The summed E-state index contributed by atoms with van der Waals surface area (Å²) in [7, 11) is -7.65. The highest BCUT2D eigenvalue weighted by atomic mass is 35.5. The lowest BCUT2D eigenvalue weighted by atomic mass is 10.0. The predicted octanol–water partition coefficient (Wildman–Crippen LogP) is 5.49. The number of hydrogen-bond acceptors (Lipinski definition) is 6. The first-order valence-corrected chi connectivity index (χ1v) is 15.7. The highest BCUT2D eigenvalue weighted by Crippen LogP contribution is 2.24. The largest absolute Gasteiger partial charge is 0.325 e.